The Morgan fingerprint density at radius 2 is 2.11 bits per heavy atom. The van der Waals surface area contributed by atoms with Crippen LogP contribution in [0.2, 0.25) is 5.02 Å². The molecule has 0 spiro atoms. The molecule has 0 saturated heterocycles. The number of carbonyl (C=O) groups is 1. The van der Waals surface area contributed by atoms with E-state index in [9.17, 15) is 9.59 Å². The maximum absolute atomic E-state index is 11.6. The van der Waals surface area contributed by atoms with Crippen LogP contribution in [-0.2, 0) is 7.05 Å². The molecule has 0 amide bonds. The van der Waals surface area contributed by atoms with E-state index >= 15 is 0 Å². The third-order valence-corrected chi connectivity index (χ3v) is 2.89. The topological polar surface area (TPSA) is 61.2 Å². The van der Waals surface area contributed by atoms with Gasteiger partial charge in [0.2, 0.25) is 0 Å². The van der Waals surface area contributed by atoms with E-state index < -0.39 is 5.56 Å². The molecule has 1 aromatic heterocycles. The van der Waals surface area contributed by atoms with Gasteiger partial charge in [0.15, 0.2) is 6.29 Å². The van der Waals surface area contributed by atoms with Crippen LogP contribution in [0.4, 0.5) is 0 Å². The van der Waals surface area contributed by atoms with Crippen molar-refractivity contribution in [2.75, 3.05) is 7.11 Å². The summed E-state index contributed by atoms with van der Waals surface area (Å²) >= 11 is 5.95. The Morgan fingerprint density at radius 1 is 1.37 bits per heavy atom. The molecule has 2 aromatic rings. The third-order valence-electron chi connectivity index (χ3n) is 2.66. The second kappa shape index (κ2) is 5.24. The van der Waals surface area contributed by atoms with Crippen molar-refractivity contribution in [3.8, 4) is 17.0 Å². The molecule has 0 radical (unpaired) electrons. The van der Waals surface area contributed by atoms with E-state index in [1.54, 1.807) is 18.2 Å². The highest BCUT2D eigenvalue weighted by Gasteiger charge is 2.12. The molecule has 2 rings (SSSR count). The van der Waals surface area contributed by atoms with Gasteiger partial charge in [-0.3, -0.25) is 9.59 Å². The molecule has 0 aliphatic carbocycles. The van der Waals surface area contributed by atoms with Gasteiger partial charge in [0, 0.05) is 17.6 Å². The predicted octanol–water partition coefficient (Wildman–Crippen LogP) is 1.92. The number of benzene rings is 1. The molecule has 1 aromatic carbocycles. The Bertz CT molecular complexity index is 695. The quantitative estimate of drug-likeness (QED) is 0.805. The maximum atomic E-state index is 11.6. The Labute approximate surface area is 114 Å². The Kier molecular flexibility index (Phi) is 3.66. The minimum Gasteiger partial charge on any atom is -0.496 e. The molecular weight excluding hydrogens is 268 g/mol. The van der Waals surface area contributed by atoms with Gasteiger partial charge < -0.3 is 4.74 Å². The van der Waals surface area contributed by atoms with Crippen LogP contribution in [0.25, 0.3) is 11.3 Å². The molecular formula is C13H11ClN2O3. The lowest BCUT2D eigenvalue weighted by atomic mass is 10.1. The number of hydrogen-bond acceptors (Lipinski definition) is 4. The standard InChI is InChI=1S/C13H11ClN2O3/c1-16-13(18)8(7-17)5-11(15-16)10-6-9(14)3-4-12(10)19-2/h3-7H,1-2H3. The van der Waals surface area contributed by atoms with Gasteiger partial charge in [0.25, 0.3) is 5.56 Å². The summed E-state index contributed by atoms with van der Waals surface area (Å²) in [7, 11) is 3.01. The summed E-state index contributed by atoms with van der Waals surface area (Å²) in [6.07, 6.45) is 0.505. The Hall–Kier alpha value is -2.14. The number of halogens is 1. The van der Waals surface area contributed by atoms with Gasteiger partial charge in [-0.2, -0.15) is 5.10 Å². The first-order valence-corrected chi connectivity index (χ1v) is 5.82. The van der Waals surface area contributed by atoms with E-state index in [0.29, 0.717) is 28.3 Å². The second-order valence-corrected chi connectivity index (χ2v) is 4.31. The van der Waals surface area contributed by atoms with Crippen LogP contribution in [-0.4, -0.2) is 23.2 Å². The fraction of sp³-hybridized carbons (Fsp3) is 0.154. The number of rotatable bonds is 3. The minimum absolute atomic E-state index is 0.0366. The number of hydrogen-bond donors (Lipinski definition) is 0. The molecule has 0 fully saturated rings. The first-order chi connectivity index (χ1) is 9.06. The molecule has 0 aliphatic rings. The van der Waals surface area contributed by atoms with Gasteiger partial charge in [-0.05, 0) is 24.3 Å². The fourth-order valence-corrected chi connectivity index (χ4v) is 1.90. The van der Waals surface area contributed by atoms with Crippen LogP contribution >= 0.6 is 11.6 Å². The molecule has 5 nitrogen and oxygen atoms in total. The van der Waals surface area contributed by atoms with Gasteiger partial charge in [-0.15, -0.1) is 0 Å². The van der Waals surface area contributed by atoms with Gasteiger partial charge in [-0.1, -0.05) is 11.6 Å². The van der Waals surface area contributed by atoms with Crippen molar-refractivity contribution in [2.45, 2.75) is 0 Å². The molecule has 0 unspecified atom stereocenters. The Balaban J connectivity index is 2.71. The van der Waals surface area contributed by atoms with Crippen molar-refractivity contribution in [2.24, 2.45) is 7.05 Å². The number of carbonyl (C=O) groups excluding carboxylic acids is 1. The summed E-state index contributed by atoms with van der Waals surface area (Å²) in [4.78, 5) is 22.5. The van der Waals surface area contributed by atoms with Crippen molar-refractivity contribution in [3.63, 3.8) is 0 Å². The molecule has 6 heteroatoms. The van der Waals surface area contributed by atoms with Crippen LogP contribution < -0.4 is 10.3 Å². The largest absolute Gasteiger partial charge is 0.496 e. The van der Waals surface area contributed by atoms with E-state index in [1.165, 1.54) is 20.2 Å². The average molecular weight is 279 g/mol. The number of aldehydes is 1. The van der Waals surface area contributed by atoms with E-state index in [4.69, 9.17) is 16.3 Å². The molecule has 0 atom stereocenters. The van der Waals surface area contributed by atoms with Crippen molar-refractivity contribution in [3.05, 3.63) is 45.2 Å². The van der Waals surface area contributed by atoms with E-state index in [2.05, 4.69) is 5.10 Å². The van der Waals surface area contributed by atoms with Crippen molar-refractivity contribution in [1.29, 1.82) is 0 Å². The maximum Gasteiger partial charge on any atom is 0.277 e. The fourth-order valence-electron chi connectivity index (χ4n) is 1.73. The summed E-state index contributed by atoms with van der Waals surface area (Å²) < 4.78 is 6.33. The zero-order chi connectivity index (χ0) is 14.0. The number of ether oxygens (including phenoxy) is 1. The molecule has 0 bridgehead atoms. The first-order valence-electron chi connectivity index (χ1n) is 5.44. The molecule has 19 heavy (non-hydrogen) atoms. The van der Waals surface area contributed by atoms with Crippen molar-refractivity contribution >= 4 is 17.9 Å². The van der Waals surface area contributed by atoms with Gasteiger partial charge in [-0.25, -0.2) is 4.68 Å². The number of aromatic nitrogens is 2. The number of methoxy groups -OCH3 is 1. The smallest absolute Gasteiger partial charge is 0.277 e. The highest BCUT2D eigenvalue weighted by Crippen LogP contribution is 2.30. The van der Waals surface area contributed by atoms with E-state index in [-0.39, 0.29) is 5.56 Å². The van der Waals surface area contributed by atoms with Gasteiger partial charge in [0.1, 0.15) is 5.75 Å². The van der Waals surface area contributed by atoms with Crippen LogP contribution in [0.1, 0.15) is 10.4 Å². The lowest BCUT2D eigenvalue weighted by molar-refractivity contribution is 0.112. The normalized spacial score (nSPS) is 10.3. The summed E-state index contributed by atoms with van der Waals surface area (Å²) in [6, 6.07) is 6.48. The summed E-state index contributed by atoms with van der Waals surface area (Å²) in [6.45, 7) is 0. The number of aryl methyl sites for hydroxylation is 1. The molecule has 98 valence electrons. The summed E-state index contributed by atoms with van der Waals surface area (Å²) in [5, 5.41) is 4.62. The zero-order valence-electron chi connectivity index (χ0n) is 10.4. The highest BCUT2D eigenvalue weighted by atomic mass is 35.5. The monoisotopic (exact) mass is 278 g/mol. The van der Waals surface area contributed by atoms with Crippen molar-refractivity contribution in [1.82, 2.24) is 9.78 Å². The first kappa shape index (κ1) is 13.3. The Morgan fingerprint density at radius 3 is 2.74 bits per heavy atom. The van der Waals surface area contributed by atoms with Crippen LogP contribution in [0, 0.1) is 0 Å². The van der Waals surface area contributed by atoms with E-state index in [1.807, 2.05) is 0 Å². The van der Waals surface area contributed by atoms with Crippen LogP contribution in [0.3, 0.4) is 0 Å². The lowest BCUT2D eigenvalue weighted by Gasteiger charge is -2.09. The number of nitrogens with zero attached hydrogens (tertiary/aromatic N) is 2. The lowest BCUT2D eigenvalue weighted by Crippen LogP contribution is -2.23. The average Bonchev–Trinajstić information content (AvgIpc) is 2.41. The minimum atomic E-state index is -0.445. The SMILES string of the molecule is COc1ccc(Cl)cc1-c1cc(C=O)c(=O)n(C)n1. The van der Waals surface area contributed by atoms with Gasteiger partial charge in [0.05, 0.1) is 18.4 Å². The highest BCUT2D eigenvalue weighted by molar-refractivity contribution is 6.30. The van der Waals surface area contributed by atoms with Crippen LogP contribution in [0.5, 0.6) is 5.75 Å². The van der Waals surface area contributed by atoms with E-state index in [0.717, 1.165) is 4.68 Å². The summed E-state index contributed by atoms with van der Waals surface area (Å²) in [5.41, 5.74) is 0.659. The second-order valence-electron chi connectivity index (χ2n) is 3.88. The zero-order valence-corrected chi connectivity index (χ0v) is 11.1. The predicted molar refractivity (Wildman–Crippen MR) is 71.9 cm³/mol. The molecule has 1 heterocycles. The van der Waals surface area contributed by atoms with Gasteiger partial charge >= 0.3 is 0 Å². The summed E-state index contributed by atoms with van der Waals surface area (Å²) in [5.74, 6) is 0.562. The molecule has 0 N–H and O–H groups in total. The van der Waals surface area contributed by atoms with Crippen LogP contribution in [0.15, 0.2) is 29.1 Å². The molecule has 0 aliphatic heterocycles. The molecule has 0 saturated carbocycles. The van der Waals surface area contributed by atoms with Crippen molar-refractivity contribution < 1.29 is 9.53 Å². The third kappa shape index (κ3) is 2.51.